The molecule has 8 heteroatoms. The summed E-state index contributed by atoms with van der Waals surface area (Å²) in [5, 5.41) is 3.73. The number of carbonyl (C=O) groups excluding carboxylic acids is 1. The second-order valence-electron chi connectivity index (χ2n) is 9.02. The molecule has 180 valence electrons. The van der Waals surface area contributed by atoms with E-state index in [1.54, 1.807) is 31.4 Å². The molecule has 1 saturated heterocycles. The van der Waals surface area contributed by atoms with Gasteiger partial charge in [-0.15, -0.1) is 0 Å². The van der Waals surface area contributed by atoms with E-state index in [2.05, 4.69) is 19.2 Å². The van der Waals surface area contributed by atoms with Crippen LogP contribution in [0.4, 0.5) is 0 Å². The van der Waals surface area contributed by atoms with Crippen molar-refractivity contribution in [2.45, 2.75) is 44.9 Å². The van der Waals surface area contributed by atoms with Crippen molar-refractivity contribution in [3.05, 3.63) is 64.7 Å². The number of sulfonamides is 1. The quantitative estimate of drug-likeness (QED) is 0.545. The summed E-state index contributed by atoms with van der Waals surface area (Å²) in [5.41, 5.74) is 1.71. The molecule has 2 aromatic carbocycles. The fraction of sp³-hybridized carbons (Fsp3) is 0.480. The highest BCUT2D eigenvalue weighted by Crippen LogP contribution is 2.27. The van der Waals surface area contributed by atoms with E-state index < -0.39 is 10.0 Å². The summed E-state index contributed by atoms with van der Waals surface area (Å²) < 4.78 is 32.4. The van der Waals surface area contributed by atoms with Crippen molar-refractivity contribution < 1.29 is 17.9 Å². The number of amides is 1. The van der Waals surface area contributed by atoms with Gasteiger partial charge in [0.05, 0.1) is 18.9 Å². The van der Waals surface area contributed by atoms with Gasteiger partial charge in [-0.3, -0.25) is 4.79 Å². The summed E-state index contributed by atoms with van der Waals surface area (Å²) in [6, 6.07) is 14.6. The van der Waals surface area contributed by atoms with Crippen LogP contribution in [0.5, 0.6) is 5.75 Å². The molecule has 0 aromatic heterocycles. The minimum absolute atomic E-state index is 0.0108. The van der Waals surface area contributed by atoms with Crippen molar-refractivity contribution in [3.63, 3.8) is 0 Å². The first-order valence-corrected chi connectivity index (χ1v) is 13.3. The van der Waals surface area contributed by atoms with E-state index >= 15 is 0 Å². The van der Waals surface area contributed by atoms with E-state index in [1.807, 2.05) is 24.3 Å². The van der Waals surface area contributed by atoms with E-state index in [0.29, 0.717) is 42.4 Å². The molecule has 0 radical (unpaired) electrons. The Kier molecular flexibility index (Phi) is 8.79. The number of rotatable bonds is 9. The van der Waals surface area contributed by atoms with Gasteiger partial charge in [0.2, 0.25) is 15.9 Å². The lowest BCUT2D eigenvalue weighted by molar-refractivity contribution is -0.127. The molecule has 1 fully saturated rings. The molecule has 1 heterocycles. The highest BCUT2D eigenvalue weighted by Gasteiger charge is 2.32. The molecule has 0 spiro atoms. The normalized spacial score (nSPS) is 16.5. The molecule has 2 aromatic rings. The Morgan fingerprint density at radius 3 is 2.39 bits per heavy atom. The molecule has 1 atom stereocenters. The Morgan fingerprint density at radius 1 is 1.15 bits per heavy atom. The zero-order valence-electron chi connectivity index (χ0n) is 19.5. The molecule has 3 rings (SSSR count). The Bertz CT molecular complexity index is 1030. The monoisotopic (exact) mass is 492 g/mol. The maximum absolute atomic E-state index is 13.1. The number of hydrogen-bond acceptors (Lipinski definition) is 4. The molecule has 33 heavy (non-hydrogen) atoms. The van der Waals surface area contributed by atoms with Gasteiger partial charge in [0, 0.05) is 24.0 Å². The lowest BCUT2D eigenvalue weighted by Gasteiger charge is -2.32. The molecule has 6 nitrogen and oxygen atoms in total. The number of halogens is 1. The van der Waals surface area contributed by atoms with Crippen LogP contribution in [-0.4, -0.2) is 38.8 Å². The van der Waals surface area contributed by atoms with Gasteiger partial charge in [-0.25, -0.2) is 12.7 Å². The van der Waals surface area contributed by atoms with Crippen molar-refractivity contribution in [1.82, 2.24) is 9.62 Å². The zero-order valence-corrected chi connectivity index (χ0v) is 21.0. The molecule has 0 bridgehead atoms. The number of hydrogen-bond donors (Lipinski definition) is 1. The largest absolute Gasteiger partial charge is 0.497 e. The number of nitrogens with zero attached hydrogens (tertiary/aromatic N) is 1. The van der Waals surface area contributed by atoms with Crippen LogP contribution in [-0.2, 0) is 20.6 Å². The lowest BCUT2D eigenvalue weighted by Crippen LogP contribution is -2.44. The topological polar surface area (TPSA) is 75.7 Å². The molecule has 1 unspecified atom stereocenters. The van der Waals surface area contributed by atoms with Gasteiger partial charge in [-0.2, -0.15) is 0 Å². The third-order valence-corrected chi connectivity index (χ3v) is 8.08. The standard InChI is InChI=1S/C25H33ClN2O4S/c1-18(2)15-24(20-7-9-23(32-3)10-8-20)27-25(29)21-11-13-28(14-12-21)33(30,31)17-19-5-4-6-22(26)16-19/h4-10,16,18,21,24H,11-15,17H2,1-3H3,(H,27,29). The van der Waals surface area contributed by atoms with Crippen LogP contribution < -0.4 is 10.1 Å². The Balaban J connectivity index is 1.59. The van der Waals surface area contributed by atoms with Crippen LogP contribution in [0.15, 0.2) is 48.5 Å². The summed E-state index contributed by atoms with van der Waals surface area (Å²) in [6.07, 6.45) is 1.85. The second-order valence-corrected chi connectivity index (χ2v) is 11.4. The minimum atomic E-state index is -3.46. The average Bonchev–Trinajstić information content (AvgIpc) is 2.78. The predicted octanol–water partition coefficient (Wildman–Crippen LogP) is 4.79. The van der Waals surface area contributed by atoms with E-state index in [9.17, 15) is 13.2 Å². The van der Waals surface area contributed by atoms with Crippen molar-refractivity contribution >= 4 is 27.5 Å². The van der Waals surface area contributed by atoms with Crippen molar-refractivity contribution in [3.8, 4) is 5.75 Å². The maximum Gasteiger partial charge on any atom is 0.223 e. The number of benzene rings is 2. The third kappa shape index (κ3) is 7.19. The van der Waals surface area contributed by atoms with Gasteiger partial charge in [-0.05, 0) is 60.6 Å². The van der Waals surface area contributed by atoms with Crippen molar-refractivity contribution in [2.24, 2.45) is 11.8 Å². The minimum Gasteiger partial charge on any atom is -0.497 e. The van der Waals surface area contributed by atoms with Gasteiger partial charge < -0.3 is 10.1 Å². The first kappa shape index (κ1) is 25.5. The van der Waals surface area contributed by atoms with Gasteiger partial charge in [-0.1, -0.05) is 49.7 Å². The number of methoxy groups -OCH3 is 1. The smallest absolute Gasteiger partial charge is 0.223 e. The maximum atomic E-state index is 13.1. The van der Waals surface area contributed by atoms with E-state index in [4.69, 9.17) is 16.3 Å². The number of nitrogens with one attached hydrogen (secondary N) is 1. The molecular formula is C25H33ClN2O4S. The first-order valence-electron chi connectivity index (χ1n) is 11.3. The molecule has 1 aliphatic heterocycles. The predicted molar refractivity (Wildman–Crippen MR) is 132 cm³/mol. The van der Waals surface area contributed by atoms with Crippen molar-refractivity contribution in [1.29, 1.82) is 0 Å². The Hall–Kier alpha value is -2.09. The molecule has 0 aliphatic carbocycles. The SMILES string of the molecule is COc1ccc(C(CC(C)C)NC(=O)C2CCN(S(=O)(=O)Cc3cccc(Cl)c3)CC2)cc1. The fourth-order valence-electron chi connectivity index (χ4n) is 4.20. The highest BCUT2D eigenvalue weighted by molar-refractivity contribution is 7.88. The lowest BCUT2D eigenvalue weighted by atomic mass is 9.93. The molecule has 1 N–H and O–H groups in total. The first-order chi connectivity index (χ1) is 15.7. The zero-order chi connectivity index (χ0) is 24.0. The third-order valence-electron chi connectivity index (χ3n) is 6.00. The van der Waals surface area contributed by atoms with Crippen LogP contribution in [0.25, 0.3) is 0 Å². The van der Waals surface area contributed by atoms with Gasteiger partial charge in [0.25, 0.3) is 0 Å². The van der Waals surface area contributed by atoms with Gasteiger partial charge in [0.1, 0.15) is 5.75 Å². The van der Waals surface area contributed by atoms with Crippen LogP contribution in [0.3, 0.4) is 0 Å². The number of piperidine rings is 1. The average molecular weight is 493 g/mol. The van der Waals surface area contributed by atoms with E-state index in [-0.39, 0.29) is 23.6 Å². The summed E-state index contributed by atoms with van der Waals surface area (Å²) in [5.74, 6) is 0.896. The second kappa shape index (κ2) is 11.4. The Labute approximate surface area is 202 Å². The van der Waals surface area contributed by atoms with Crippen LogP contribution >= 0.6 is 11.6 Å². The highest BCUT2D eigenvalue weighted by atomic mass is 35.5. The fourth-order valence-corrected chi connectivity index (χ4v) is 5.96. The summed E-state index contributed by atoms with van der Waals surface area (Å²) >= 11 is 5.99. The van der Waals surface area contributed by atoms with E-state index in [0.717, 1.165) is 17.7 Å². The van der Waals surface area contributed by atoms with Crippen LogP contribution in [0.1, 0.15) is 50.3 Å². The molecule has 1 amide bonds. The van der Waals surface area contributed by atoms with E-state index in [1.165, 1.54) is 4.31 Å². The summed E-state index contributed by atoms with van der Waals surface area (Å²) in [6.45, 7) is 4.95. The molecular weight excluding hydrogens is 460 g/mol. The van der Waals surface area contributed by atoms with Crippen molar-refractivity contribution in [2.75, 3.05) is 20.2 Å². The number of ether oxygens (including phenoxy) is 1. The van der Waals surface area contributed by atoms with Crippen LogP contribution in [0.2, 0.25) is 5.02 Å². The Morgan fingerprint density at radius 2 is 1.82 bits per heavy atom. The number of carbonyl (C=O) groups is 1. The van der Waals surface area contributed by atoms with Crippen LogP contribution in [0, 0.1) is 11.8 Å². The summed E-state index contributed by atoms with van der Waals surface area (Å²) in [4.78, 5) is 13.1. The summed E-state index contributed by atoms with van der Waals surface area (Å²) in [7, 11) is -1.83. The van der Waals surface area contributed by atoms with Gasteiger partial charge >= 0.3 is 0 Å². The molecule has 0 saturated carbocycles. The molecule has 1 aliphatic rings. The van der Waals surface area contributed by atoms with Gasteiger partial charge in [0.15, 0.2) is 0 Å².